The van der Waals surface area contributed by atoms with Crippen LogP contribution in [0, 0.1) is 6.92 Å². The molecule has 1 aliphatic rings. The van der Waals surface area contributed by atoms with Crippen LogP contribution in [0.2, 0.25) is 0 Å². The Morgan fingerprint density at radius 3 is 3.06 bits per heavy atom. The Bertz CT molecular complexity index is 331. The molecule has 1 N–H and O–H groups in total. The first kappa shape index (κ1) is 11.6. The van der Waals surface area contributed by atoms with Gasteiger partial charge in [0.15, 0.2) is 0 Å². The van der Waals surface area contributed by atoms with E-state index < -0.39 is 0 Å². The first-order chi connectivity index (χ1) is 7.79. The summed E-state index contributed by atoms with van der Waals surface area (Å²) in [6.45, 7) is 7.40. The molecule has 4 nitrogen and oxygen atoms in total. The maximum absolute atomic E-state index is 5.32. The molecule has 0 amide bonds. The van der Waals surface area contributed by atoms with E-state index in [-0.39, 0.29) is 0 Å². The van der Waals surface area contributed by atoms with Crippen LogP contribution >= 0.6 is 0 Å². The third kappa shape index (κ3) is 3.32. The van der Waals surface area contributed by atoms with Crippen molar-refractivity contribution >= 4 is 0 Å². The molecule has 0 unspecified atom stereocenters. The fourth-order valence-electron chi connectivity index (χ4n) is 1.69. The molecule has 0 atom stereocenters. The lowest BCUT2D eigenvalue weighted by Crippen LogP contribution is -2.15. The van der Waals surface area contributed by atoms with Gasteiger partial charge in [0.25, 0.3) is 0 Å². The van der Waals surface area contributed by atoms with E-state index in [0.717, 1.165) is 38.0 Å². The van der Waals surface area contributed by atoms with Crippen molar-refractivity contribution < 1.29 is 4.74 Å². The lowest BCUT2D eigenvalue weighted by molar-refractivity contribution is 0.136. The molecule has 4 heteroatoms. The number of hydrogen-bond donors (Lipinski definition) is 1. The van der Waals surface area contributed by atoms with Crippen molar-refractivity contribution in [3.05, 3.63) is 17.5 Å². The summed E-state index contributed by atoms with van der Waals surface area (Å²) < 4.78 is 7.30. The Balaban J connectivity index is 1.81. The standard InChI is InChI=1S/C12H21N3O/c1-3-16-7-6-15-9-11(10(2)14-15)8-13-12-4-5-12/h9,12-13H,3-8H2,1-2H3. The third-order valence-corrected chi connectivity index (χ3v) is 2.88. The van der Waals surface area contributed by atoms with E-state index in [9.17, 15) is 0 Å². The average molecular weight is 223 g/mol. The minimum Gasteiger partial charge on any atom is -0.380 e. The van der Waals surface area contributed by atoms with Gasteiger partial charge in [-0.15, -0.1) is 0 Å². The van der Waals surface area contributed by atoms with Crippen LogP contribution in [0.1, 0.15) is 31.0 Å². The van der Waals surface area contributed by atoms with Crippen molar-refractivity contribution in [1.29, 1.82) is 0 Å². The molecular formula is C12H21N3O. The van der Waals surface area contributed by atoms with Crippen molar-refractivity contribution in [2.75, 3.05) is 13.2 Å². The highest BCUT2D eigenvalue weighted by Crippen LogP contribution is 2.19. The van der Waals surface area contributed by atoms with Crippen LogP contribution in [-0.2, 0) is 17.8 Å². The molecule has 1 fully saturated rings. The van der Waals surface area contributed by atoms with Gasteiger partial charge in [-0.05, 0) is 26.7 Å². The Kier molecular flexibility index (Phi) is 3.96. The van der Waals surface area contributed by atoms with Crippen molar-refractivity contribution in [2.45, 2.75) is 45.8 Å². The number of nitrogens with zero attached hydrogens (tertiary/aromatic N) is 2. The number of rotatable bonds is 7. The van der Waals surface area contributed by atoms with Gasteiger partial charge in [-0.25, -0.2) is 0 Å². The first-order valence-electron chi connectivity index (χ1n) is 6.13. The monoisotopic (exact) mass is 223 g/mol. The zero-order chi connectivity index (χ0) is 11.4. The summed E-state index contributed by atoms with van der Waals surface area (Å²) in [5.74, 6) is 0. The van der Waals surface area contributed by atoms with E-state index in [1.165, 1.54) is 18.4 Å². The predicted octanol–water partition coefficient (Wildman–Crippen LogP) is 1.48. The molecule has 1 aromatic heterocycles. The molecule has 0 aliphatic heterocycles. The molecule has 2 rings (SSSR count). The van der Waals surface area contributed by atoms with Crippen LogP contribution in [0.15, 0.2) is 6.20 Å². The number of aryl methyl sites for hydroxylation is 1. The average Bonchev–Trinajstić information content (AvgIpc) is 3.02. The molecular weight excluding hydrogens is 202 g/mol. The normalized spacial score (nSPS) is 15.6. The van der Waals surface area contributed by atoms with Gasteiger partial charge in [0.05, 0.1) is 18.8 Å². The minimum atomic E-state index is 0.743. The molecule has 1 heterocycles. The molecule has 90 valence electrons. The highest BCUT2D eigenvalue weighted by molar-refractivity contribution is 5.15. The molecule has 1 saturated carbocycles. The lowest BCUT2D eigenvalue weighted by atomic mass is 10.2. The van der Waals surface area contributed by atoms with Gasteiger partial charge >= 0.3 is 0 Å². The summed E-state index contributed by atoms with van der Waals surface area (Å²) in [5, 5.41) is 7.99. The molecule has 0 saturated heterocycles. The second-order valence-electron chi connectivity index (χ2n) is 4.35. The zero-order valence-electron chi connectivity index (χ0n) is 10.2. The largest absolute Gasteiger partial charge is 0.380 e. The highest BCUT2D eigenvalue weighted by Gasteiger charge is 2.20. The lowest BCUT2D eigenvalue weighted by Gasteiger charge is -2.01. The van der Waals surface area contributed by atoms with E-state index in [2.05, 4.69) is 23.5 Å². The Hall–Kier alpha value is -0.870. The van der Waals surface area contributed by atoms with Gasteiger partial charge in [-0.3, -0.25) is 4.68 Å². The predicted molar refractivity (Wildman–Crippen MR) is 63.3 cm³/mol. The van der Waals surface area contributed by atoms with Crippen molar-refractivity contribution in [2.24, 2.45) is 0 Å². The van der Waals surface area contributed by atoms with Gasteiger partial charge in [0.1, 0.15) is 0 Å². The van der Waals surface area contributed by atoms with Gasteiger partial charge in [0.2, 0.25) is 0 Å². The van der Waals surface area contributed by atoms with E-state index in [0.29, 0.717) is 0 Å². The molecule has 1 aliphatic carbocycles. The van der Waals surface area contributed by atoms with Crippen LogP contribution in [0.25, 0.3) is 0 Å². The Labute approximate surface area is 97.0 Å². The summed E-state index contributed by atoms with van der Waals surface area (Å²) in [4.78, 5) is 0. The molecule has 0 radical (unpaired) electrons. The molecule has 1 aromatic rings. The van der Waals surface area contributed by atoms with Gasteiger partial charge in [0, 0.05) is 31.0 Å². The number of nitrogens with one attached hydrogen (secondary N) is 1. The second kappa shape index (κ2) is 5.46. The van der Waals surface area contributed by atoms with Crippen molar-refractivity contribution in [1.82, 2.24) is 15.1 Å². The van der Waals surface area contributed by atoms with E-state index in [4.69, 9.17) is 4.74 Å². The van der Waals surface area contributed by atoms with Crippen LogP contribution in [0.3, 0.4) is 0 Å². The number of ether oxygens (including phenoxy) is 1. The third-order valence-electron chi connectivity index (χ3n) is 2.88. The van der Waals surface area contributed by atoms with E-state index in [1.54, 1.807) is 0 Å². The van der Waals surface area contributed by atoms with E-state index >= 15 is 0 Å². The summed E-state index contributed by atoms with van der Waals surface area (Å²) >= 11 is 0. The minimum absolute atomic E-state index is 0.743. The quantitative estimate of drug-likeness (QED) is 0.712. The second-order valence-corrected chi connectivity index (χ2v) is 4.35. The first-order valence-corrected chi connectivity index (χ1v) is 6.13. The van der Waals surface area contributed by atoms with Crippen LogP contribution < -0.4 is 5.32 Å². The summed E-state index contributed by atoms with van der Waals surface area (Å²) in [6.07, 6.45) is 4.79. The van der Waals surface area contributed by atoms with Gasteiger partial charge < -0.3 is 10.1 Å². The molecule has 0 bridgehead atoms. The molecule has 0 aromatic carbocycles. The van der Waals surface area contributed by atoms with Crippen LogP contribution in [0.4, 0.5) is 0 Å². The van der Waals surface area contributed by atoms with Crippen LogP contribution in [0.5, 0.6) is 0 Å². The fraction of sp³-hybridized carbons (Fsp3) is 0.750. The number of aromatic nitrogens is 2. The van der Waals surface area contributed by atoms with Crippen molar-refractivity contribution in [3.63, 3.8) is 0 Å². The Morgan fingerprint density at radius 1 is 1.56 bits per heavy atom. The summed E-state index contributed by atoms with van der Waals surface area (Å²) in [5.41, 5.74) is 2.44. The van der Waals surface area contributed by atoms with Crippen molar-refractivity contribution in [3.8, 4) is 0 Å². The molecule has 16 heavy (non-hydrogen) atoms. The Morgan fingerprint density at radius 2 is 2.38 bits per heavy atom. The summed E-state index contributed by atoms with van der Waals surface area (Å²) in [7, 11) is 0. The SMILES string of the molecule is CCOCCn1cc(CNC2CC2)c(C)n1. The van der Waals surface area contributed by atoms with E-state index in [1.807, 2.05) is 11.6 Å². The smallest absolute Gasteiger partial charge is 0.0662 e. The maximum atomic E-state index is 5.32. The number of hydrogen-bond acceptors (Lipinski definition) is 3. The topological polar surface area (TPSA) is 39.1 Å². The van der Waals surface area contributed by atoms with Gasteiger partial charge in [-0.2, -0.15) is 5.10 Å². The fourth-order valence-corrected chi connectivity index (χ4v) is 1.69. The molecule has 0 spiro atoms. The maximum Gasteiger partial charge on any atom is 0.0662 e. The summed E-state index contributed by atoms with van der Waals surface area (Å²) in [6, 6.07) is 0.756. The highest BCUT2D eigenvalue weighted by atomic mass is 16.5. The van der Waals surface area contributed by atoms with Crippen LogP contribution in [-0.4, -0.2) is 29.0 Å². The zero-order valence-corrected chi connectivity index (χ0v) is 10.2. The van der Waals surface area contributed by atoms with Gasteiger partial charge in [-0.1, -0.05) is 0 Å².